The first-order valence-corrected chi connectivity index (χ1v) is 11.7. The van der Waals surface area contributed by atoms with Crippen LogP contribution in [0.15, 0.2) is 52.9 Å². The third-order valence-electron chi connectivity index (χ3n) is 5.61. The largest absolute Gasteiger partial charge is 0.431 e. The highest BCUT2D eigenvalue weighted by Crippen LogP contribution is 2.41. The minimum absolute atomic E-state index is 0.545. The Morgan fingerprint density at radius 1 is 1.13 bits per heavy atom. The predicted molar refractivity (Wildman–Crippen MR) is 125 cm³/mol. The topological polar surface area (TPSA) is 68.1 Å². The van der Waals surface area contributed by atoms with Gasteiger partial charge in [-0.3, -0.25) is 0 Å². The van der Waals surface area contributed by atoms with Crippen molar-refractivity contribution in [2.75, 3.05) is 7.11 Å². The minimum atomic E-state index is -3.08. The van der Waals surface area contributed by atoms with E-state index in [0.717, 1.165) is 58.0 Å². The van der Waals surface area contributed by atoms with Gasteiger partial charge in [0.25, 0.3) is 0 Å². The predicted octanol–water partition coefficient (Wildman–Crippen LogP) is 6.73. The molecule has 0 heterocycles. The molecule has 1 unspecified atom stereocenters. The highest BCUT2D eigenvalue weighted by atomic mass is 31.1. The number of fused-ring (bicyclic) bond motifs is 1. The Hall–Kier alpha value is -2.36. The van der Waals surface area contributed by atoms with Crippen molar-refractivity contribution in [2.45, 2.75) is 52.9 Å². The average Bonchev–Trinajstić information content (AvgIpc) is 2.74. The van der Waals surface area contributed by atoms with Gasteiger partial charge in [-0.25, -0.2) is 4.57 Å². The maximum atomic E-state index is 11.5. The summed E-state index contributed by atoms with van der Waals surface area (Å²) in [7, 11) is -1.50. The summed E-state index contributed by atoms with van der Waals surface area (Å²) in [4.78, 5) is 14.6. The molecule has 30 heavy (non-hydrogen) atoms. The number of oxime groups is 1. The zero-order valence-corrected chi connectivity index (χ0v) is 19.1. The molecule has 1 aliphatic carbocycles. The number of hydrogen-bond donors (Lipinski definition) is 1. The fourth-order valence-electron chi connectivity index (χ4n) is 4.36. The Kier molecular flexibility index (Phi) is 7.52. The summed E-state index contributed by atoms with van der Waals surface area (Å²) in [6.45, 7) is 6.15. The summed E-state index contributed by atoms with van der Waals surface area (Å²) in [5, 5.41) is 6.64. The van der Waals surface area contributed by atoms with Crippen molar-refractivity contribution in [3.8, 4) is 0 Å². The van der Waals surface area contributed by atoms with Crippen molar-refractivity contribution in [1.29, 1.82) is 0 Å². The molecule has 0 fully saturated rings. The van der Waals surface area contributed by atoms with E-state index in [2.05, 4.69) is 36.3 Å². The molecule has 1 aliphatic rings. The molecule has 0 saturated heterocycles. The molecule has 0 aliphatic heterocycles. The normalized spacial score (nSPS) is 17.8. The van der Waals surface area contributed by atoms with Crippen LogP contribution in [-0.2, 0) is 13.9 Å². The lowest BCUT2D eigenvalue weighted by molar-refractivity contribution is 0.213. The molecule has 160 valence electrons. The van der Waals surface area contributed by atoms with E-state index in [4.69, 9.17) is 9.36 Å². The van der Waals surface area contributed by atoms with E-state index in [9.17, 15) is 9.46 Å². The zero-order valence-electron chi connectivity index (χ0n) is 18.1. The van der Waals surface area contributed by atoms with Gasteiger partial charge < -0.3 is 14.3 Å². The minimum Gasteiger partial charge on any atom is -0.431 e. The van der Waals surface area contributed by atoms with Crippen LogP contribution in [0.25, 0.3) is 21.9 Å². The molecular weight excluding hydrogens is 397 g/mol. The number of nitrogens with zero attached hydrogens (tertiary/aromatic N) is 1. The van der Waals surface area contributed by atoms with E-state index in [-0.39, 0.29) is 0 Å². The van der Waals surface area contributed by atoms with Crippen LogP contribution in [0.5, 0.6) is 0 Å². The van der Waals surface area contributed by atoms with Gasteiger partial charge >= 0.3 is 8.25 Å². The van der Waals surface area contributed by atoms with Gasteiger partial charge in [-0.05, 0) is 60.1 Å². The van der Waals surface area contributed by atoms with Crippen LogP contribution in [0, 0.1) is 0 Å². The van der Waals surface area contributed by atoms with Crippen LogP contribution in [0.3, 0.4) is 0 Å². The summed E-state index contributed by atoms with van der Waals surface area (Å²) in [6.07, 6.45) is 4.14. The van der Waals surface area contributed by atoms with Crippen molar-refractivity contribution >= 4 is 35.9 Å². The maximum absolute atomic E-state index is 11.5. The van der Waals surface area contributed by atoms with Crippen LogP contribution in [0.4, 0.5) is 0 Å². The van der Waals surface area contributed by atoms with Gasteiger partial charge in [0.15, 0.2) is 0 Å². The number of rotatable bonds is 7. The van der Waals surface area contributed by atoms with Crippen LogP contribution < -0.4 is 0 Å². The second kappa shape index (κ2) is 10.1. The monoisotopic (exact) mass is 427 g/mol. The number of benzene rings is 2. The van der Waals surface area contributed by atoms with Gasteiger partial charge in [0.05, 0.1) is 5.71 Å². The highest BCUT2D eigenvalue weighted by molar-refractivity contribution is 7.32. The lowest BCUT2D eigenvalue weighted by Gasteiger charge is -2.25. The fourth-order valence-corrected chi connectivity index (χ4v) is 4.84. The molecule has 0 spiro atoms. The van der Waals surface area contributed by atoms with E-state index in [1.54, 1.807) is 7.11 Å². The highest BCUT2D eigenvalue weighted by Gasteiger charge is 2.25. The molecule has 2 aromatic carbocycles. The third kappa shape index (κ3) is 4.53. The van der Waals surface area contributed by atoms with E-state index in [1.165, 1.54) is 5.57 Å². The fraction of sp³-hybridized carbons (Fsp3) is 0.375. The number of hydrogen-bond acceptors (Lipinski definition) is 4. The standard InChI is InChI=1S/C24H30NO4P/c1-5-18(22(6-2)29-30(26)27)20-15-14-17-11-7-8-12-19(17)24(20)23-16(3)10-9-13-21(23)25-28-4/h7-8,11-12,14-15,30H,5-6,9-10,13H2,1-4H3,(H,26,27)/b22-18+,25-21+. The Bertz CT molecular complexity index is 1050. The first-order chi connectivity index (χ1) is 14.5. The summed E-state index contributed by atoms with van der Waals surface area (Å²) in [5.41, 5.74) is 6.42. The smallest absolute Gasteiger partial charge is 0.364 e. The molecule has 1 atom stereocenters. The van der Waals surface area contributed by atoms with Gasteiger partial charge in [-0.15, -0.1) is 0 Å². The number of allylic oxidation sites excluding steroid dienone is 4. The quantitative estimate of drug-likeness (QED) is 0.302. The second-order valence-corrected chi connectivity index (χ2v) is 8.15. The SMILES string of the molecule is CC/C(O[PH](=O)O)=C(/CC)c1ccc2ccccc2c1C1=C(C)CCC/C1=N\OC. The van der Waals surface area contributed by atoms with E-state index in [1.807, 2.05) is 26.0 Å². The molecule has 0 aromatic heterocycles. The van der Waals surface area contributed by atoms with Gasteiger partial charge in [0.1, 0.15) is 12.9 Å². The molecule has 0 radical (unpaired) electrons. The average molecular weight is 427 g/mol. The Morgan fingerprint density at radius 2 is 1.90 bits per heavy atom. The van der Waals surface area contributed by atoms with E-state index >= 15 is 0 Å². The molecule has 0 amide bonds. The summed E-state index contributed by atoms with van der Waals surface area (Å²) in [5.74, 6) is 0.569. The summed E-state index contributed by atoms with van der Waals surface area (Å²) in [6, 6.07) is 12.5. The van der Waals surface area contributed by atoms with Crippen LogP contribution in [-0.4, -0.2) is 17.7 Å². The molecule has 1 N–H and O–H groups in total. The van der Waals surface area contributed by atoms with Gasteiger partial charge in [-0.2, -0.15) is 0 Å². The third-order valence-corrected chi connectivity index (χ3v) is 6.03. The first kappa shape index (κ1) is 22.3. The Labute approximate surface area is 179 Å². The van der Waals surface area contributed by atoms with Crippen LogP contribution in [0.1, 0.15) is 64.0 Å². The van der Waals surface area contributed by atoms with Crippen LogP contribution in [0.2, 0.25) is 0 Å². The molecule has 0 saturated carbocycles. The van der Waals surface area contributed by atoms with Crippen molar-refractivity contribution in [2.24, 2.45) is 5.16 Å². The molecule has 5 nitrogen and oxygen atoms in total. The molecule has 3 rings (SSSR count). The maximum Gasteiger partial charge on any atom is 0.364 e. The van der Waals surface area contributed by atoms with Crippen LogP contribution >= 0.6 is 8.25 Å². The van der Waals surface area contributed by atoms with Crippen molar-refractivity contribution in [1.82, 2.24) is 0 Å². The van der Waals surface area contributed by atoms with Gasteiger partial charge in [0.2, 0.25) is 0 Å². The van der Waals surface area contributed by atoms with E-state index in [0.29, 0.717) is 18.6 Å². The molecule has 6 heteroatoms. The van der Waals surface area contributed by atoms with Crippen molar-refractivity contribution in [3.63, 3.8) is 0 Å². The summed E-state index contributed by atoms with van der Waals surface area (Å²) < 4.78 is 16.9. The molecule has 2 aromatic rings. The lowest BCUT2D eigenvalue weighted by atomic mass is 9.80. The van der Waals surface area contributed by atoms with Crippen molar-refractivity contribution < 1.29 is 18.8 Å². The van der Waals surface area contributed by atoms with Crippen molar-refractivity contribution in [3.05, 3.63) is 58.9 Å². The first-order valence-electron chi connectivity index (χ1n) is 10.5. The molecule has 0 bridgehead atoms. The lowest BCUT2D eigenvalue weighted by Crippen LogP contribution is -2.13. The summed E-state index contributed by atoms with van der Waals surface area (Å²) >= 11 is 0. The van der Waals surface area contributed by atoms with E-state index < -0.39 is 8.25 Å². The Morgan fingerprint density at radius 3 is 2.57 bits per heavy atom. The zero-order chi connectivity index (χ0) is 21.7. The second-order valence-electron chi connectivity index (χ2n) is 7.42. The van der Waals surface area contributed by atoms with Gasteiger partial charge in [-0.1, -0.05) is 61.0 Å². The van der Waals surface area contributed by atoms with Gasteiger partial charge in [0, 0.05) is 12.0 Å². The Balaban J connectivity index is 2.41. The molecular formula is C24H30NO4P.